The average Bonchev–Trinajstić information content (AvgIpc) is 3.15. The number of hydrogen-bond acceptors (Lipinski definition) is 5. The first-order chi connectivity index (χ1) is 12.6. The van der Waals surface area contributed by atoms with E-state index in [1.165, 1.54) is 34.2 Å². The number of nitrogens with zero attached hydrogens (tertiary/aromatic N) is 5. The van der Waals surface area contributed by atoms with Crippen LogP contribution in [-0.2, 0) is 6.54 Å². The number of carbonyl (C=O) groups excluding carboxylic acids is 1. The number of amides is 1. The van der Waals surface area contributed by atoms with Crippen molar-refractivity contribution in [2.75, 3.05) is 5.32 Å². The van der Waals surface area contributed by atoms with Gasteiger partial charge >= 0.3 is 0 Å². The molecule has 0 spiro atoms. The molecule has 26 heavy (non-hydrogen) atoms. The van der Waals surface area contributed by atoms with E-state index < -0.39 is 5.91 Å². The second kappa shape index (κ2) is 7.92. The van der Waals surface area contributed by atoms with Crippen molar-refractivity contribution >= 4 is 23.2 Å². The molecule has 8 nitrogen and oxygen atoms in total. The Bertz CT molecular complexity index is 968. The van der Waals surface area contributed by atoms with Gasteiger partial charge in [-0.1, -0.05) is 24.9 Å². The van der Waals surface area contributed by atoms with Crippen LogP contribution in [0.1, 0.15) is 30.3 Å². The van der Waals surface area contributed by atoms with E-state index in [0.717, 1.165) is 12.8 Å². The van der Waals surface area contributed by atoms with Gasteiger partial charge in [0.25, 0.3) is 11.5 Å². The summed E-state index contributed by atoms with van der Waals surface area (Å²) in [6, 6.07) is 7.77. The molecule has 1 aromatic carbocycles. The number of unbranched alkanes of at least 4 members (excludes halogenated alkanes) is 1. The normalized spacial score (nSPS) is 10.7. The van der Waals surface area contributed by atoms with Gasteiger partial charge in [0, 0.05) is 17.6 Å². The summed E-state index contributed by atoms with van der Waals surface area (Å²) in [5.41, 5.74) is 0.979. The van der Waals surface area contributed by atoms with E-state index in [1.807, 2.05) is 6.92 Å². The monoisotopic (exact) mass is 372 g/mol. The minimum Gasteiger partial charge on any atom is -0.319 e. The lowest BCUT2D eigenvalue weighted by Gasteiger charge is -2.12. The molecular formula is C17H17ClN6O2. The fraction of sp³-hybridized carbons (Fsp3) is 0.235. The largest absolute Gasteiger partial charge is 0.319 e. The molecule has 9 heteroatoms. The van der Waals surface area contributed by atoms with Crippen molar-refractivity contribution in [3.63, 3.8) is 0 Å². The van der Waals surface area contributed by atoms with E-state index in [0.29, 0.717) is 22.9 Å². The molecule has 0 fully saturated rings. The highest BCUT2D eigenvalue weighted by molar-refractivity contribution is 6.31. The van der Waals surface area contributed by atoms with Gasteiger partial charge in [0.2, 0.25) is 0 Å². The number of carbonyl (C=O) groups is 1. The molecule has 0 aliphatic carbocycles. The van der Waals surface area contributed by atoms with Gasteiger partial charge in [-0.05, 0) is 30.7 Å². The Morgan fingerprint density at radius 2 is 2.12 bits per heavy atom. The second-order valence-electron chi connectivity index (χ2n) is 5.59. The lowest BCUT2D eigenvalue weighted by atomic mass is 10.2. The maximum atomic E-state index is 12.6. The number of nitrogens with one attached hydrogen (secondary N) is 1. The molecular weight excluding hydrogens is 356 g/mol. The number of aryl methyl sites for hydroxylation is 1. The predicted molar refractivity (Wildman–Crippen MR) is 97.7 cm³/mol. The van der Waals surface area contributed by atoms with Crippen LogP contribution in [0.3, 0.4) is 0 Å². The van der Waals surface area contributed by atoms with Crippen LogP contribution in [0.4, 0.5) is 5.69 Å². The molecule has 0 aliphatic rings. The second-order valence-corrected chi connectivity index (χ2v) is 6.03. The van der Waals surface area contributed by atoms with Crippen LogP contribution in [0.25, 0.3) is 5.69 Å². The number of anilines is 1. The van der Waals surface area contributed by atoms with Crippen LogP contribution in [0.2, 0.25) is 5.02 Å². The third-order valence-electron chi connectivity index (χ3n) is 3.70. The number of rotatable bonds is 6. The molecule has 0 saturated heterocycles. The smallest absolute Gasteiger partial charge is 0.276 e. The SMILES string of the molecule is CCCCn1nc(C(=O)Nc2cc(Cl)ccc2-n2cncn2)ccc1=O. The summed E-state index contributed by atoms with van der Waals surface area (Å²) in [5.74, 6) is -0.445. The van der Waals surface area contributed by atoms with Gasteiger partial charge in [-0.3, -0.25) is 9.59 Å². The average molecular weight is 373 g/mol. The van der Waals surface area contributed by atoms with Gasteiger partial charge in [-0.25, -0.2) is 14.3 Å². The topological polar surface area (TPSA) is 94.7 Å². The van der Waals surface area contributed by atoms with Gasteiger partial charge in [0.15, 0.2) is 0 Å². The third-order valence-corrected chi connectivity index (χ3v) is 3.93. The summed E-state index contributed by atoms with van der Waals surface area (Å²) in [7, 11) is 0. The van der Waals surface area contributed by atoms with Crippen LogP contribution < -0.4 is 10.9 Å². The first kappa shape index (κ1) is 17.8. The summed E-state index contributed by atoms with van der Waals surface area (Å²) < 4.78 is 2.82. The highest BCUT2D eigenvalue weighted by atomic mass is 35.5. The summed E-state index contributed by atoms with van der Waals surface area (Å²) in [6.45, 7) is 2.49. The lowest BCUT2D eigenvalue weighted by Crippen LogP contribution is -2.26. The number of aromatic nitrogens is 5. The zero-order chi connectivity index (χ0) is 18.5. The Morgan fingerprint density at radius 1 is 1.27 bits per heavy atom. The fourth-order valence-corrected chi connectivity index (χ4v) is 2.54. The fourth-order valence-electron chi connectivity index (χ4n) is 2.37. The highest BCUT2D eigenvalue weighted by Gasteiger charge is 2.14. The number of benzene rings is 1. The van der Waals surface area contributed by atoms with Crippen molar-refractivity contribution < 1.29 is 4.79 Å². The Morgan fingerprint density at radius 3 is 2.85 bits per heavy atom. The predicted octanol–water partition coefficient (Wildman–Crippen LogP) is 2.53. The minimum absolute atomic E-state index is 0.144. The molecule has 0 bridgehead atoms. The Labute approximate surface area is 154 Å². The molecule has 3 rings (SSSR count). The summed E-state index contributed by atoms with van der Waals surface area (Å²) in [6.07, 6.45) is 4.64. The Balaban J connectivity index is 1.89. The minimum atomic E-state index is -0.445. The Hall–Kier alpha value is -3.00. The molecule has 3 aromatic rings. The van der Waals surface area contributed by atoms with Gasteiger partial charge in [-0.2, -0.15) is 10.2 Å². The third kappa shape index (κ3) is 3.97. The van der Waals surface area contributed by atoms with Crippen molar-refractivity contribution in [1.82, 2.24) is 24.5 Å². The zero-order valence-corrected chi connectivity index (χ0v) is 14.8. The summed E-state index contributed by atoms with van der Waals surface area (Å²) in [4.78, 5) is 28.4. The van der Waals surface area contributed by atoms with Crippen molar-refractivity contribution in [2.24, 2.45) is 0 Å². The summed E-state index contributed by atoms with van der Waals surface area (Å²) >= 11 is 6.05. The molecule has 0 aliphatic heterocycles. The number of halogens is 1. The van der Waals surface area contributed by atoms with Gasteiger partial charge < -0.3 is 5.32 Å². The lowest BCUT2D eigenvalue weighted by molar-refractivity contribution is 0.101. The number of hydrogen-bond donors (Lipinski definition) is 1. The first-order valence-electron chi connectivity index (χ1n) is 8.12. The molecule has 2 heterocycles. The highest BCUT2D eigenvalue weighted by Crippen LogP contribution is 2.24. The van der Waals surface area contributed by atoms with E-state index in [1.54, 1.807) is 18.2 Å². The van der Waals surface area contributed by atoms with E-state index in [2.05, 4.69) is 20.5 Å². The van der Waals surface area contributed by atoms with E-state index in [4.69, 9.17) is 11.6 Å². The summed E-state index contributed by atoms with van der Waals surface area (Å²) in [5, 5.41) is 11.4. The molecule has 134 valence electrons. The molecule has 0 unspecified atom stereocenters. The van der Waals surface area contributed by atoms with Gasteiger partial charge in [-0.15, -0.1) is 0 Å². The zero-order valence-electron chi connectivity index (χ0n) is 14.1. The van der Waals surface area contributed by atoms with Crippen molar-refractivity contribution in [2.45, 2.75) is 26.3 Å². The van der Waals surface area contributed by atoms with Crippen molar-refractivity contribution in [3.8, 4) is 5.69 Å². The maximum absolute atomic E-state index is 12.6. The van der Waals surface area contributed by atoms with Crippen molar-refractivity contribution in [3.05, 3.63) is 64.1 Å². The van der Waals surface area contributed by atoms with Crippen LogP contribution in [0.5, 0.6) is 0 Å². The molecule has 0 saturated carbocycles. The Kier molecular flexibility index (Phi) is 5.43. The van der Waals surface area contributed by atoms with Crippen LogP contribution in [0.15, 0.2) is 47.8 Å². The van der Waals surface area contributed by atoms with Gasteiger partial charge in [0.1, 0.15) is 18.3 Å². The van der Waals surface area contributed by atoms with E-state index in [-0.39, 0.29) is 11.3 Å². The van der Waals surface area contributed by atoms with Crippen LogP contribution in [0, 0.1) is 0 Å². The molecule has 0 atom stereocenters. The van der Waals surface area contributed by atoms with E-state index >= 15 is 0 Å². The molecule has 1 N–H and O–H groups in total. The van der Waals surface area contributed by atoms with Gasteiger partial charge in [0.05, 0.1) is 11.4 Å². The first-order valence-corrected chi connectivity index (χ1v) is 8.50. The van der Waals surface area contributed by atoms with Crippen molar-refractivity contribution in [1.29, 1.82) is 0 Å². The molecule has 2 aromatic heterocycles. The molecule has 1 amide bonds. The standard InChI is InChI=1S/C17H17ClN6O2/c1-2-3-8-23-16(25)7-5-13(22-23)17(26)21-14-9-12(18)4-6-15(14)24-11-19-10-20-24/h4-7,9-11H,2-3,8H2,1H3,(H,21,26). The van der Waals surface area contributed by atoms with Crippen LogP contribution in [-0.4, -0.2) is 30.5 Å². The maximum Gasteiger partial charge on any atom is 0.276 e. The molecule has 0 radical (unpaired) electrons. The quantitative estimate of drug-likeness (QED) is 0.717. The van der Waals surface area contributed by atoms with E-state index in [9.17, 15) is 9.59 Å². The van der Waals surface area contributed by atoms with Crippen LogP contribution >= 0.6 is 11.6 Å².